The summed E-state index contributed by atoms with van der Waals surface area (Å²) in [5, 5.41) is 8.99. The Hall–Kier alpha value is -4.24. The Labute approximate surface area is 258 Å². The van der Waals surface area contributed by atoms with Crippen LogP contribution in [0.5, 0.6) is 5.75 Å². The van der Waals surface area contributed by atoms with Crippen molar-refractivity contribution in [2.75, 3.05) is 23.0 Å². The molecule has 214 valence electrons. The molecular weight excluding hydrogens is 593 g/mol. The van der Waals surface area contributed by atoms with Crippen LogP contribution >= 0.6 is 35.0 Å². The molecule has 0 spiro atoms. The summed E-state index contributed by atoms with van der Waals surface area (Å²) in [6.07, 6.45) is 1.43. The number of amides is 3. The fourth-order valence-electron chi connectivity index (χ4n) is 3.78. The summed E-state index contributed by atoms with van der Waals surface area (Å²) < 4.78 is 5.57. The van der Waals surface area contributed by atoms with Gasteiger partial charge in [-0.1, -0.05) is 65.7 Å². The van der Waals surface area contributed by atoms with Gasteiger partial charge in [-0.3, -0.25) is 14.4 Å². The molecule has 0 atom stereocenters. The van der Waals surface area contributed by atoms with E-state index in [0.29, 0.717) is 44.9 Å². The van der Waals surface area contributed by atoms with E-state index >= 15 is 0 Å². The Kier molecular flexibility index (Phi) is 11.1. The number of para-hydroxylation sites is 2. The number of carbonyl (C=O) groups is 3. The average Bonchev–Trinajstić information content (AvgIpc) is 2.99. The Bertz CT molecular complexity index is 1590. The molecule has 10 heteroatoms. The molecular formula is C32H27Cl2N3O4S. The molecule has 0 saturated carbocycles. The van der Waals surface area contributed by atoms with Crippen LogP contribution in [0.3, 0.4) is 0 Å². The lowest BCUT2D eigenvalue weighted by molar-refractivity contribution is -0.114. The van der Waals surface area contributed by atoms with E-state index in [2.05, 4.69) is 16.0 Å². The van der Waals surface area contributed by atoms with Gasteiger partial charge in [-0.05, 0) is 67.6 Å². The maximum atomic E-state index is 13.4. The third-order valence-electron chi connectivity index (χ3n) is 5.74. The number of anilines is 2. The molecule has 0 aromatic heterocycles. The van der Waals surface area contributed by atoms with Crippen molar-refractivity contribution in [2.24, 2.45) is 0 Å². The summed E-state index contributed by atoms with van der Waals surface area (Å²) in [7, 11) is 0. The second-order valence-electron chi connectivity index (χ2n) is 8.76. The van der Waals surface area contributed by atoms with Gasteiger partial charge in [0.25, 0.3) is 11.8 Å². The quantitative estimate of drug-likeness (QED) is 0.119. The van der Waals surface area contributed by atoms with Crippen LogP contribution in [0.15, 0.2) is 108 Å². The SMILES string of the molecule is CCOc1ccccc1NC(=O)CSc1cccc(NC(=O)/C(=C\c2c(Cl)cccc2Cl)NC(=O)c2ccccc2)c1. The first kappa shape index (κ1) is 30.7. The second kappa shape index (κ2) is 15.1. The van der Waals surface area contributed by atoms with Crippen LogP contribution in [0.1, 0.15) is 22.8 Å². The van der Waals surface area contributed by atoms with Gasteiger partial charge in [0.05, 0.1) is 18.0 Å². The first-order chi connectivity index (χ1) is 20.3. The van der Waals surface area contributed by atoms with E-state index in [1.807, 2.05) is 25.1 Å². The van der Waals surface area contributed by atoms with E-state index in [1.54, 1.807) is 78.9 Å². The summed E-state index contributed by atoms with van der Waals surface area (Å²) in [4.78, 5) is 39.7. The standard InChI is InChI=1S/C32H27Cl2N3O4S/c1-2-41-29-17-7-6-16-27(29)36-30(38)20-42-23-13-8-12-22(18-23)35-32(40)28(19-24-25(33)14-9-15-26(24)34)37-31(39)21-10-4-3-5-11-21/h3-19H,2,20H2,1H3,(H,35,40)(H,36,38)(H,37,39)/b28-19+. The van der Waals surface area contributed by atoms with Crippen molar-refractivity contribution < 1.29 is 19.1 Å². The number of halogens is 2. The molecule has 4 rings (SSSR count). The fourth-order valence-corrected chi connectivity index (χ4v) is 5.05. The number of nitrogens with one attached hydrogen (secondary N) is 3. The molecule has 0 aliphatic rings. The van der Waals surface area contributed by atoms with Gasteiger partial charge in [-0.2, -0.15) is 0 Å². The maximum absolute atomic E-state index is 13.4. The van der Waals surface area contributed by atoms with Gasteiger partial charge < -0.3 is 20.7 Å². The van der Waals surface area contributed by atoms with Gasteiger partial charge in [0, 0.05) is 31.8 Å². The predicted molar refractivity (Wildman–Crippen MR) is 170 cm³/mol. The highest BCUT2D eigenvalue weighted by atomic mass is 35.5. The normalized spacial score (nSPS) is 11.0. The van der Waals surface area contributed by atoms with E-state index < -0.39 is 11.8 Å². The third kappa shape index (κ3) is 8.63. The minimum atomic E-state index is -0.581. The minimum Gasteiger partial charge on any atom is -0.492 e. The van der Waals surface area contributed by atoms with Crippen molar-refractivity contribution >= 4 is 70.1 Å². The van der Waals surface area contributed by atoms with Crippen LogP contribution < -0.4 is 20.7 Å². The fraction of sp³-hybridized carbons (Fsp3) is 0.0938. The van der Waals surface area contributed by atoms with Crippen molar-refractivity contribution in [3.05, 3.63) is 124 Å². The van der Waals surface area contributed by atoms with Crippen molar-refractivity contribution in [1.29, 1.82) is 0 Å². The molecule has 0 radical (unpaired) electrons. The van der Waals surface area contributed by atoms with Crippen LogP contribution in [0.4, 0.5) is 11.4 Å². The summed E-state index contributed by atoms with van der Waals surface area (Å²) in [6, 6.07) is 27.8. The van der Waals surface area contributed by atoms with Gasteiger partial charge in [-0.15, -0.1) is 11.8 Å². The van der Waals surface area contributed by atoms with E-state index in [0.717, 1.165) is 4.90 Å². The first-order valence-electron chi connectivity index (χ1n) is 12.9. The molecule has 4 aromatic carbocycles. The highest BCUT2D eigenvalue weighted by Gasteiger charge is 2.17. The monoisotopic (exact) mass is 619 g/mol. The van der Waals surface area contributed by atoms with Crippen molar-refractivity contribution in [3.8, 4) is 5.75 Å². The number of rotatable bonds is 11. The lowest BCUT2D eigenvalue weighted by atomic mass is 10.1. The zero-order valence-corrected chi connectivity index (χ0v) is 24.9. The molecule has 3 amide bonds. The van der Waals surface area contributed by atoms with Gasteiger partial charge in [-0.25, -0.2) is 0 Å². The number of benzene rings is 4. The topological polar surface area (TPSA) is 96.5 Å². The van der Waals surface area contributed by atoms with E-state index in [-0.39, 0.29) is 17.4 Å². The molecule has 0 saturated heterocycles. The van der Waals surface area contributed by atoms with Gasteiger partial charge in [0.15, 0.2) is 0 Å². The van der Waals surface area contributed by atoms with E-state index in [4.69, 9.17) is 27.9 Å². The van der Waals surface area contributed by atoms with Crippen LogP contribution in [0.2, 0.25) is 10.0 Å². The van der Waals surface area contributed by atoms with Crippen LogP contribution in [-0.2, 0) is 9.59 Å². The molecule has 42 heavy (non-hydrogen) atoms. The van der Waals surface area contributed by atoms with Crippen molar-refractivity contribution in [1.82, 2.24) is 5.32 Å². The third-order valence-corrected chi connectivity index (χ3v) is 7.39. The molecule has 0 aliphatic heterocycles. The number of ether oxygens (including phenoxy) is 1. The second-order valence-corrected chi connectivity index (χ2v) is 10.6. The van der Waals surface area contributed by atoms with Crippen LogP contribution in [-0.4, -0.2) is 30.1 Å². The number of thioether (sulfide) groups is 1. The summed E-state index contributed by atoms with van der Waals surface area (Å²) in [6.45, 7) is 2.36. The molecule has 0 heterocycles. The molecule has 0 unspecified atom stereocenters. The van der Waals surface area contributed by atoms with Crippen LogP contribution in [0, 0.1) is 0 Å². The molecule has 7 nitrogen and oxygen atoms in total. The Morgan fingerprint density at radius 2 is 1.52 bits per heavy atom. The van der Waals surface area contributed by atoms with E-state index in [1.165, 1.54) is 17.8 Å². The van der Waals surface area contributed by atoms with Gasteiger partial charge >= 0.3 is 0 Å². The molecule has 0 fully saturated rings. The summed E-state index contributed by atoms with van der Waals surface area (Å²) in [5.41, 5.74) is 1.78. The lowest BCUT2D eigenvalue weighted by Crippen LogP contribution is -2.30. The number of hydrogen-bond acceptors (Lipinski definition) is 5. The van der Waals surface area contributed by atoms with Crippen molar-refractivity contribution in [2.45, 2.75) is 11.8 Å². The Morgan fingerprint density at radius 3 is 2.26 bits per heavy atom. The first-order valence-corrected chi connectivity index (χ1v) is 14.7. The summed E-state index contributed by atoms with van der Waals surface area (Å²) in [5.74, 6) is -0.512. The Balaban J connectivity index is 1.47. The zero-order valence-electron chi connectivity index (χ0n) is 22.5. The average molecular weight is 621 g/mol. The highest BCUT2D eigenvalue weighted by Crippen LogP contribution is 2.28. The predicted octanol–water partition coefficient (Wildman–Crippen LogP) is 7.53. The molecule has 0 bridgehead atoms. The highest BCUT2D eigenvalue weighted by molar-refractivity contribution is 8.00. The van der Waals surface area contributed by atoms with Crippen LogP contribution in [0.25, 0.3) is 6.08 Å². The van der Waals surface area contributed by atoms with E-state index in [9.17, 15) is 14.4 Å². The largest absolute Gasteiger partial charge is 0.492 e. The zero-order chi connectivity index (χ0) is 29.9. The molecule has 4 aromatic rings. The number of carbonyl (C=O) groups excluding carboxylic acids is 3. The molecule has 3 N–H and O–H groups in total. The van der Waals surface area contributed by atoms with Gasteiger partial charge in [0.1, 0.15) is 11.4 Å². The molecule has 0 aliphatic carbocycles. The van der Waals surface area contributed by atoms with Crippen molar-refractivity contribution in [3.63, 3.8) is 0 Å². The lowest BCUT2D eigenvalue weighted by Gasteiger charge is -2.13. The summed E-state index contributed by atoms with van der Waals surface area (Å²) >= 11 is 14.0. The maximum Gasteiger partial charge on any atom is 0.272 e. The minimum absolute atomic E-state index is 0.0516. The van der Waals surface area contributed by atoms with Gasteiger partial charge in [0.2, 0.25) is 5.91 Å². The Morgan fingerprint density at radius 1 is 0.833 bits per heavy atom. The smallest absolute Gasteiger partial charge is 0.272 e. The number of hydrogen-bond donors (Lipinski definition) is 3.